The Hall–Kier alpha value is -0.980. The fourth-order valence-corrected chi connectivity index (χ4v) is 3.77. The molecule has 1 aromatic rings. The molecule has 0 atom stereocenters. The molecule has 6 heteroatoms. The van der Waals surface area contributed by atoms with Crippen molar-refractivity contribution >= 4 is 17.2 Å². The quantitative estimate of drug-likeness (QED) is 0.875. The molecule has 0 aromatic carbocycles. The van der Waals surface area contributed by atoms with Gasteiger partial charge in [-0.15, -0.1) is 11.3 Å². The van der Waals surface area contributed by atoms with Crippen molar-refractivity contribution in [1.82, 2.24) is 14.8 Å². The second-order valence-electron chi connectivity index (χ2n) is 5.73. The highest BCUT2D eigenvalue weighted by Crippen LogP contribution is 2.39. The van der Waals surface area contributed by atoms with E-state index in [0.717, 1.165) is 49.8 Å². The Kier molecular flexibility index (Phi) is 3.32. The van der Waals surface area contributed by atoms with Crippen LogP contribution in [0, 0.1) is 12.3 Å². The van der Waals surface area contributed by atoms with Crippen molar-refractivity contribution in [2.45, 2.75) is 19.9 Å². The van der Waals surface area contributed by atoms with Crippen LogP contribution >= 0.6 is 11.3 Å². The van der Waals surface area contributed by atoms with Crippen molar-refractivity contribution in [2.75, 3.05) is 32.8 Å². The lowest BCUT2D eigenvalue weighted by atomic mass is 9.79. The van der Waals surface area contributed by atoms with E-state index in [2.05, 4.69) is 15.3 Å². The van der Waals surface area contributed by atoms with E-state index in [1.54, 1.807) is 16.2 Å². The number of hydrogen-bond donors (Lipinski definition) is 1. The van der Waals surface area contributed by atoms with E-state index in [0.29, 0.717) is 0 Å². The number of aliphatic hydroxyl groups excluding tert-OH is 1. The normalized spacial score (nSPS) is 21.9. The second kappa shape index (κ2) is 4.85. The summed E-state index contributed by atoms with van der Waals surface area (Å²) in [5.41, 5.74) is 1.43. The summed E-state index contributed by atoms with van der Waals surface area (Å²) in [4.78, 5) is 20.1. The Bertz CT molecular complexity index is 482. The maximum absolute atomic E-state index is 11.4. The van der Waals surface area contributed by atoms with Gasteiger partial charge < -0.3 is 10.0 Å². The highest BCUT2D eigenvalue weighted by Gasteiger charge is 2.48. The molecular weight excluding hydrogens is 262 g/mol. The minimum absolute atomic E-state index is 0.140. The van der Waals surface area contributed by atoms with E-state index >= 15 is 0 Å². The second-order valence-corrected chi connectivity index (χ2v) is 6.79. The van der Waals surface area contributed by atoms with E-state index in [1.807, 2.05) is 6.92 Å². The maximum Gasteiger partial charge on any atom is 0.248 e. The lowest BCUT2D eigenvalue weighted by Gasteiger charge is -2.48. The Labute approximate surface area is 116 Å². The first-order valence-electron chi connectivity index (χ1n) is 6.62. The average molecular weight is 281 g/mol. The molecule has 2 aliphatic rings. The molecule has 3 heterocycles. The fourth-order valence-electron chi connectivity index (χ4n) is 3.17. The van der Waals surface area contributed by atoms with Gasteiger partial charge >= 0.3 is 0 Å². The topological polar surface area (TPSA) is 56.7 Å². The summed E-state index contributed by atoms with van der Waals surface area (Å²) in [5, 5.41) is 12.1. The number of aryl methyl sites for hydroxylation is 1. The molecule has 0 unspecified atom stereocenters. The van der Waals surface area contributed by atoms with Crippen LogP contribution in [-0.4, -0.2) is 58.6 Å². The van der Waals surface area contributed by atoms with Crippen LogP contribution < -0.4 is 0 Å². The van der Waals surface area contributed by atoms with Crippen molar-refractivity contribution in [1.29, 1.82) is 0 Å². The predicted molar refractivity (Wildman–Crippen MR) is 72.8 cm³/mol. The number of hydrogen-bond acceptors (Lipinski definition) is 5. The standard InChI is InChI=1S/C13H19N3O2S/c1-10-14-11(6-19-10)4-15-3-2-13(7-15)8-16(9-13)12(18)5-17/h6,17H,2-5,7-9H2,1H3. The third-order valence-corrected chi connectivity index (χ3v) is 4.93. The molecule has 2 fully saturated rings. The van der Waals surface area contributed by atoms with Crippen LogP contribution in [0.5, 0.6) is 0 Å². The van der Waals surface area contributed by atoms with E-state index in [4.69, 9.17) is 5.11 Å². The minimum atomic E-state index is -0.363. The van der Waals surface area contributed by atoms with Crippen molar-refractivity contribution in [3.63, 3.8) is 0 Å². The molecule has 104 valence electrons. The van der Waals surface area contributed by atoms with Gasteiger partial charge in [0.25, 0.3) is 0 Å². The first-order chi connectivity index (χ1) is 9.10. The average Bonchev–Trinajstić information content (AvgIpc) is 2.94. The summed E-state index contributed by atoms with van der Waals surface area (Å²) in [6.45, 7) is 6.32. The van der Waals surface area contributed by atoms with E-state index in [9.17, 15) is 4.79 Å². The monoisotopic (exact) mass is 281 g/mol. The van der Waals surface area contributed by atoms with Crippen molar-refractivity contribution in [2.24, 2.45) is 5.41 Å². The largest absolute Gasteiger partial charge is 0.387 e. The van der Waals surface area contributed by atoms with Gasteiger partial charge in [0.2, 0.25) is 5.91 Å². The molecule has 2 aliphatic heterocycles. The maximum atomic E-state index is 11.4. The number of likely N-dealkylation sites (tertiary alicyclic amines) is 2. The number of nitrogens with zero attached hydrogens (tertiary/aromatic N) is 3. The number of aromatic nitrogens is 1. The zero-order valence-electron chi connectivity index (χ0n) is 11.1. The van der Waals surface area contributed by atoms with Crippen LogP contribution in [0.1, 0.15) is 17.1 Å². The van der Waals surface area contributed by atoms with Crippen molar-refractivity contribution < 1.29 is 9.90 Å². The van der Waals surface area contributed by atoms with Crippen LogP contribution in [0.15, 0.2) is 5.38 Å². The summed E-state index contributed by atoms with van der Waals surface area (Å²) in [5.74, 6) is -0.140. The smallest absolute Gasteiger partial charge is 0.248 e. The number of rotatable bonds is 3. The lowest BCUT2D eigenvalue weighted by Crippen LogP contribution is -2.60. The summed E-state index contributed by atoms with van der Waals surface area (Å²) in [7, 11) is 0. The Morgan fingerprint density at radius 2 is 2.32 bits per heavy atom. The SMILES string of the molecule is Cc1nc(CN2CCC3(C2)CN(C(=O)CO)C3)cs1. The Morgan fingerprint density at radius 1 is 1.53 bits per heavy atom. The van der Waals surface area contributed by atoms with E-state index in [-0.39, 0.29) is 17.9 Å². The highest BCUT2D eigenvalue weighted by atomic mass is 32.1. The number of carbonyl (C=O) groups excluding carboxylic acids is 1. The third-order valence-electron chi connectivity index (χ3n) is 4.11. The zero-order chi connectivity index (χ0) is 13.5. The van der Waals surface area contributed by atoms with Gasteiger partial charge in [-0.3, -0.25) is 9.69 Å². The van der Waals surface area contributed by atoms with Gasteiger partial charge in [-0.05, 0) is 19.9 Å². The minimum Gasteiger partial charge on any atom is -0.387 e. The number of thiazole rings is 1. The van der Waals surface area contributed by atoms with Crippen LogP contribution in [0.2, 0.25) is 0 Å². The molecule has 1 amide bonds. The van der Waals surface area contributed by atoms with Crippen LogP contribution in [0.3, 0.4) is 0 Å². The third kappa shape index (κ3) is 2.52. The first kappa shape index (κ1) is 13.0. The van der Waals surface area contributed by atoms with Gasteiger partial charge in [-0.25, -0.2) is 4.98 Å². The summed E-state index contributed by atoms with van der Waals surface area (Å²) in [6, 6.07) is 0. The molecule has 0 saturated carbocycles. The van der Waals surface area contributed by atoms with Gasteiger partial charge in [0.1, 0.15) is 6.61 Å². The number of amides is 1. The van der Waals surface area contributed by atoms with Gasteiger partial charge in [0, 0.05) is 37.0 Å². The molecule has 0 radical (unpaired) electrons. The molecule has 5 nitrogen and oxygen atoms in total. The molecular formula is C13H19N3O2S. The van der Waals surface area contributed by atoms with Crippen LogP contribution in [0.25, 0.3) is 0 Å². The van der Waals surface area contributed by atoms with Crippen molar-refractivity contribution in [3.8, 4) is 0 Å². The molecule has 0 aliphatic carbocycles. The highest BCUT2D eigenvalue weighted by molar-refractivity contribution is 7.09. The van der Waals surface area contributed by atoms with Gasteiger partial charge in [-0.1, -0.05) is 0 Å². The zero-order valence-corrected chi connectivity index (χ0v) is 11.9. The molecule has 3 rings (SSSR count). The first-order valence-corrected chi connectivity index (χ1v) is 7.50. The summed E-state index contributed by atoms with van der Waals surface area (Å²) < 4.78 is 0. The molecule has 1 aromatic heterocycles. The van der Waals surface area contributed by atoms with Crippen molar-refractivity contribution in [3.05, 3.63) is 16.1 Å². The molecule has 19 heavy (non-hydrogen) atoms. The van der Waals surface area contributed by atoms with E-state index in [1.165, 1.54) is 0 Å². The fraction of sp³-hybridized carbons (Fsp3) is 0.692. The predicted octanol–water partition coefficient (Wildman–Crippen LogP) is 0.478. The molecule has 1 spiro atoms. The molecule has 2 saturated heterocycles. The van der Waals surface area contributed by atoms with E-state index < -0.39 is 0 Å². The summed E-state index contributed by atoms with van der Waals surface area (Å²) >= 11 is 1.70. The lowest BCUT2D eigenvalue weighted by molar-refractivity contribution is -0.145. The van der Waals surface area contributed by atoms with Crippen LogP contribution in [-0.2, 0) is 11.3 Å². The van der Waals surface area contributed by atoms with Crippen LogP contribution in [0.4, 0.5) is 0 Å². The van der Waals surface area contributed by atoms with Gasteiger partial charge in [0.05, 0.1) is 10.7 Å². The Balaban J connectivity index is 1.53. The number of carbonyl (C=O) groups is 1. The Morgan fingerprint density at radius 3 is 2.95 bits per heavy atom. The molecule has 1 N–H and O–H groups in total. The number of aliphatic hydroxyl groups is 1. The summed E-state index contributed by atoms with van der Waals surface area (Å²) in [6.07, 6.45) is 1.14. The molecule has 0 bridgehead atoms. The van der Waals surface area contributed by atoms with Gasteiger partial charge in [0.15, 0.2) is 0 Å². The van der Waals surface area contributed by atoms with Gasteiger partial charge in [-0.2, -0.15) is 0 Å².